The van der Waals surface area contributed by atoms with Crippen LogP contribution in [0.4, 0.5) is 0 Å². The van der Waals surface area contributed by atoms with E-state index < -0.39 is 31.4 Å². The zero-order chi connectivity index (χ0) is 39.1. The van der Waals surface area contributed by atoms with Crippen LogP contribution in [0.5, 0.6) is 0 Å². The van der Waals surface area contributed by atoms with E-state index in [4.69, 9.17) is 9.90 Å². The van der Waals surface area contributed by atoms with Crippen molar-refractivity contribution < 1.29 is 30.0 Å². The van der Waals surface area contributed by atoms with Crippen molar-refractivity contribution in [3.8, 4) is 33.6 Å². The Labute approximate surface area is 326 Å². The molecule has 3 aromatic heterocycles. The van der Waals surface area contributed by atoms with Gasteiger partial charge in [0, 0.05) is 34.4 Å². The SMILES string of the molecule is [2H]C([2H])(c1cc(-c2[c-]cccc2)nc[c]1[Ge]([CH3])([CH3])[CH3])C(C)(C)C.[2H]C([2H])(c1ccnc(-c2[c-]ccc3c2oc2ccc(-c4ccccc4)cc23)c1)C(C)C.[Ir]. The molecule has 0 aliphatic rings. The van der Waals surface area contributed by atoms with Gasteiger partial charge in [-0.2, -0.15) is 0 Å². The van der Waals surface area contributed by atoms with E-state index in [1.165, 1.54) is 0 Å². The Bertz CT molecular complexity index is 2400. The molecule has 1 radical (unpaired) electrons. The Hall–Kier alpha value is -3.83. The van der Waals surface area contributed by atoms with Crippen LogP contribution in [0.25, 0.3) is 55.6 Å². The van der Waals surface area contributed by atoms with Gasteiger partial charge in [-0.1, -0.05) is 72.8 Å². The predicted octanol–water partition coefficient (Wildman–Crippen LogP) is 12.0. The summed E-state index contributed by atoms with van der Waals surface area (Å²) in [4.78, 5) is 9.13. The van der Waals surface area contributed by atoms with Gasteiger partial charge in [0.05, 0.1) is 5.58 Å². The monoisotopic (exact) mass is 915 g/mol. The molecule has 0 amide bonds. The molecule has 4 aromatic carbocycles. The third-order valence-corrected chi connectivity index (χ3v) is 12.4. The summed E-state index contributed by atoms with van der Waals surface area (Å²) in [7, 11) is 0. The summed E-state index contributed by atoms with van der Waals surface area (Å²) in [5.74, 6) is 6.71. The zero-order valence-electron chi connectivity index (χ0n) is 34.7. The van der Waals surface area contributed by atoms with Crippen molar-refractivity contribution in [1.82, 2.24) is 9.97 Å². The predicted molar refractivity (Wildman–Crippen MR) is 214 cm³/mol. The van der Waals surface area contributed by atoms with Crippen LogP contribution < -0.4 is 4.40 Å². The molecular formula is C46H48GeIrN2O-2. The average molecular weight is 914 g/mol. The summed E-state index contributed by atoms with van der Waals surface area (Å²) in [5, 5.41) is 2.04. The summed E-state index contributed by atoms with van der Waals surface area (Å²) in [6.07, 6.45) is 0.722. The fraction of sp³-hybridized carbons (Fsp3) is 0.261. The number of benzene rings is 4. The van der Waals surface area contributed by atoms with Crippen LogP contribution in [-0.2, 0) is 32.9 Å². The van der Waals surface area contributed by atoms with Crippen LogP contribution >= 0.6 is 0 Å². The van der Waals surface area contributed by atoms with Gasteiger partial charge in [0.25, 0.3) is 0 Å². The molecule has 0 bridgehead atoms. The topological polar surface area (TPSA) is 38.9 Å². The second kappa shape index (κ2) is 16.2. The summed E-state index contributed by atoms with van der Waals surface area (Å²) in [6, 6.07) is 40.1. The maximum absolute atomic E-state index is 8.76. The van der Waals surface area contributed by atoms with Gasteiger partial charge < -0.3 is 9.40 Å². The molecule has 7 rings (SSSR count). The minimum Gasteiger partial charge on any atom is -0.501 e. The van der Waals surface area contributed by atoms with E-state index in [2.05, 4.69) is 63.6 Å². The number of rotatable bonds is 7. The Kier molecular flexibility index (Phi) is 10.5. The molecule has 0 saturated heterocycles. The van der Waals surface area contributed by atoms with Crippen molar-refractivity contribution in [3.63, 3.8) is 0 Å². The largest absolute Gasteiger partial charge is 0.501 e. The molecule has 263 valence electrons. The van der Waals surface area contributed by atoms with Crippen molar-refractivity contribution in [2.45, 2.75) is 64.6 Å². The zero-order valence-corrected chi connectivity index (χ0v) is 35.2. The van der Waals surface area contributed by atoms with E-state index in [9.17, 15) is 0 Å². The Balaban J connectivity index is 0.000000217. The fourth-order valence-electron chi connectivity index (χ4n) is 5.99. The fourth-order valence-corrected chi connectivity index (χ4v) is 8.92. The number of furan rings is 1. The molecule has 3 heterocycles. The van der Waals surface area contributed by atoms with Crippen molar-refractivity contribution >= 4 is 39.6 Å². The molecule has 0 aliphatic heterocycles. The van der Waals surface area contributed by atoms with Crippen molar-refractivity contribution in [2.75, 3.05) is 0 Å². The van der Waals surface area contributed by atoms with Gasteiger partial charge >= 0.3 is 135 Å². The number of hydrogen-bond acceptors (Lipinski definition) is 3. The first-order chi connectivity index (χ1) is 25.4. The van der Waals surface area contributed by atoms with E-state index in [0.29, 0.717) is 11.3 Å². The van der Waals surface area contributed by atoms with Gasteiger partial charge in [0.1, 0.15) is 5.58 Å². The van der Waals surface area contributed by atoms with Crippen LogP contribution in [0.15, 0.2) is 120 Å². The second-order valence-corrected chi connectivity index (χ2v) is 25.6. The van der Waals surface area contributed by atoms with Gasteiger partial charge in [0.15, 0.2) is 0 Å². The van der Waals surface area contributed by atoms with Crippen molar-refractivity contribution in [2.24, 2.45) is 11.3 Å². The van der Waals surface area contributed by atoms with Gasteiger partial charge in [0.2, 0.25) is 0 Å². The quantitative estimate of drug-likeness (QED) is 0.118. The number of nitrogens with zero attached hydrogens (tertiary/aromatic N) is 2. The van der Waals surface area contributed by atoms with Crippen LogP contribution in [0.3, 0.4) is 0 Å². The first kappa shape index (κ1) is 33.0. The molecule has 0 fully saturated rings. The Morgan fingerprint density at radius 2 is 1.55 bits per heavy atom. The van der Waals surface area contributed by atoms with Gasteiger partial charge in [-0.3, -0.25) is 0 Å². The first-order valence-electron chi connectivity index (χ1n) is 19.3. The number of hydrogen-bond donors (Lipinski definition) is 0. The van der Waals surface area contributed by atoms with Crippen molar-refractivity contribution in [3.05, 3.63) is 139 Å². The first-order valence-corrected chi connectivity index (χ1v) is 24.6. The minimum atomic E-state index is -2.24. The van der Waals surface area contributed by atoms with E-state index in [1.807, 2.05) is 114 Å². The number of aromatic nitrogens is 2. The van der Waals surface area contributed by atoms with Gasteiger partial charge in [-0.25, -0.2) is 0 Å². The minimum absolute atomic E-state index is 0. The summed E-state index contributed by atoms with van der Waals surface area (Å²) in [6.45, 7) is 9.65. The molecule has 0 N–H and O–H groups in total. The molecular weight excluding hydrogens is 861 g/mol. The van der Waals surface area contributed by atoms with Crippen molar-refractivity contribution in [1.29, 1.82) is 0 Å². The summed E-state index contributed by atoms with van der Waals surface area (Å²) >= 11 is -2.24. The van der Waals surface area contributed by atoms with E-state index >= 15 is 0 Å². The van der Waals surface area contributed by atoms with Crippen LogP contribution in [0.1, 0.15) is 51.2 Å². The molecule has 0 unspecified atom stereocenters. The molecule has 7 aromatic rings. The molecule has 0 saturated carbocycles. The van der Waals surface area contributed by atoms with Crippen LogP contribution in [0, 0.1) is 23.5 Å². The maximum Gasteiger partial charge on any atom is 0.120 e. The normalized spacial score (nSPS) is 13.4. The molecule has 51 heavy (non-hydrogen) atoms. The van der Waals surface area contributed by atoms with E-state index in [0.717, 1.165) is 59.8 Å². The van der Waals surface area contributed by atoms with Crippen LogP contribution in [-0.4, -0.2) is 23.2 Å². The Morgan fingerprint density at radius 3 is 2.24 bits per heavy atom. The van der Waals surface area contributed by atoms with Gasteiger partial charge in [-0.15, -0.1) is 18.2 Å². The summed E-state index contributed by atoms with van der Waals surface area (Å²) in [5.41, 5.74) is 7.87. The average Bonchev–Trinajstić information content (AvgIpc) is 3.53. The standard InChI is InChI=1S/C27H22NO.C19H26GeN.Ir/c1-18(2)15-19-13-14-28-25(16-19)23-10-6-9-22-24-17-21(20-7-4-3-5-8-20)11-12-26(24)29-27(22)23;1-19(2,3)13-16-12-18(15-10-8-7-9-11-15)21-14-17(16)20(4,5)6;/h3-9,11-14,16-18H,15H2,1-2H3;7-10,12,14H,13H2,1-6H3;/q2*-1;/i15D2;13D2;. The molecule has 0 atom stereocenters. The molecule has 3 nitrogen and oxygen atoms in total. The summed E-state index contributed by atoms with van der Waals surface area (Å²) < 4.78 is 41.8. The number of fused-ring (bicyclic) bond motifs is 3. The smallest absolute Gasteiger partial charge is 0.120 e. The molecule has 0 aliphatic carbocycles. The maximum atomic E-state index is 8.76. The third kappa shape index (κ3) is 9.54. The second-order valence-electron chi connectivity index (χ2n) is 15.0. The van der Waals surface area contributed by atoms with Gasteiger partial charge in [-0.05, 0) is 47.3 Å². The van der Waals surface area contributed by atoms with E-state index in [-0.39, 0.29) is 26.0 Å². The number of pyridine rings is 2. The van der Waals surface area contributed by atoms with Crippen LogP contribution in [0.2, 0.25) is 17.3 Å². The third-order valence-electron chi connectivity index (χ3n) is 8.22. The Morgan fingerprint density at radius 1 is 0.784 bits per heavy atom. The van der Waals surface area contributed by atoms with E-state index in [1.54, 1.807) is 12.3 Å². The molecule has 5 heteroatoms. The molecule has 0 spiro atoms.